The Morgan fingerprint density at radius 2 is 2.23 bits per heavy atom. The summed E-state index contributed by atoms with van der Waals surface area (Å²) in [5.41, 5.74) is 1.58. The summed E-state index contributed by atoms with van der Waals surface area (Å²) >= 11 is 1.87. The lowest BCUT2D eigenvalue weighted by molar-refractivity contribution is 0.0685. The molecule has 1 fully saturated rings. The fourth-order valence-electron chi connectivity index (χ4n) is 3.06. The summed E-state index contributed by atoms with van der Waals surface area (Å²) in [7, 11) is 0. The number of hydrogen-bond donors (Lipinski definition) is 0. The Kier molecular flexibility index (Phi) is 4.83. The minimum atomic E-state index is 0.122. The molecule has 2 aromatic rings. The second-order valence-electron chi connectivity index (χ2n) is 5.68. The zero-order chi connectivity index (χ0) is 15.4. The highest BCUT2D eigenvalue weighted by Crippen LogP contribution is 2.23. The van der Waals surface area contributed by atoms with Gasteiger partial charge in [0, 0.05) is 25.5 Å². The number of amides is 1. The van der Waals surface area contributed by atoms with Crippen molar-refractivity contribution in [1.82, 2.24) is 14.7 Å². The molecule has 3 rings (SSSR count). The third-order valence-electron chi connectivity index (χ3n) is 4.09. The van der Waals surface area contributed by atoms with E-state index in [1.165, 1.54) is 6.42 Å². The van der Waals surface area contributed by atoms with E-state index in [1.54, 1.807) is 10.9 Å². The maximum Gasteiger partial charge on any atom is 0.256 e. The number of carbonyl (C=O) groups excluding carboxylic acids is 1. The predicted molar refractivity (Wildman–Crippen MR) is 90.6 cm³/mol. The smallest absolute Gasteiger partial charge is 0.256 e. The Bertz CT molecular complexity index is 625. The van der Waals surface area contributed by atoms with E-state index in [4.69, 9.17) is 0 Å². The molecule has 2 heterocycles. The van der Waals surface area contributed by atoms with Crippen molar-refractivity contribution >= 4 is 17.7 Å². The molecule has 0 aliphatic carbocycles. The number of piperidine rings is 1. The summed E-state index contributed by atoms with van der Waals surface area (Å²) in [5.74, 6) is 1.87. The molecule has 5 heteroatoms. The van der Waals surface area contributed by atoms with Gasteiger partial charge in [0.15, 0.2) is 0 Å². The molecule has 22 heavy (non-hydrogen) atoms. The molecule has 4 nitrogen and oxygen atoms in total. The van der Waals surface area contributed by atoms with E-state index in [0.717, 1.165) is 36.5 Å². The number of benzene rings is 1. The van der Waals surface area contributed by atoms with Crippen molar-refractivity contribution in [2.75, 3.05) is 25.1 Å². The maximum absolute atomic E-state index is 12.9. The lowest BCUT2D eigenvalue weighted by Gasteiger charge is -2.33. The number of aromatic nitrogens is 2. The number of rotatable bonds is 4. The van der Waals surface area contributed by atoms with E-state index in [-0.39, 0.29) is 5.91 Å². The molecule has 1 aliphatic heterocycles. The van der Waals surface area contributed by atoms with Gasteiger partial charge in [0.2, 0.25) is 0 Å². The van der Waals surface area contributed by atoms with Gasteiger partial charge in [-0.2, -0.15) is 16.9 Å². The average Bonchev–Trinajstić information content (AvgIpc) is 3.09. The summed E-state index contributed by atoms with van der Waals surface area (Å²) in [6.07, 6.45) is 8.07. The fraction of sp³-hybridized carbons (Fsp3) is 0.412. The molecular weight excluding hydrogens is 294 g/mol. The molecule has 0 bridgehead atoms. The van der Waals surface area contributed by atoms with Gasteiger partial charge in [0.1, 0.15) is 0 Å². The van der Waals surface area contributed by atoms with Gasteiger partial charge in [-0.15, -0.1) is 0 Å². The summed E-state index contributed by atoms with van der Waals surface area (Å²) in [6, 6.07) is 9.59. The van der Waals surface area contributed by atoms with Gasteiger partial charge in [0.05, 0.1) is 11.3 Å². The monoisotopic (exact) mass is 315 g/mol. The number of carbonyl (C=O) groups is 1. The van der Waals surface area contributed by atoms with E-state index < -0.39 is 0 Å². The van der Waals surface area contributed by atoms with Crippen LogP contribution in [0.5, 0.6) is 0 Å². The Hall–Kier alpha value is -1.75. The minimum Gasteiger partial charge on any atom is -0.338 e. The van der Waals surface area contributed by atoms with Crippen molar-refractivity contribution in [3.63, 3.8) is 0 Å². The fourth-order valence-corrected chi connectivity index (χ4v) is 3.80. The Labute approximate surface area is 135 Å². The molecule has 1 aromatic carbocycles. The minimum absolute atomic E-state index is 0.122. The van der Waals surface area contributed by atoms with E-state index in [9.17, 15) is 4.79 Å². The van der Waals surface area contributed by atoms with Crippen LogP contribution in [0.3, 0.4) is 0 Å². The van der Waals surface area contributed by atoms with Crippen LogP contribution in [-0.2, 0) is 0 Å². The average molecular weight is 315 g/mol. The van der Waals surface area contributed by atoms with Crippen molar-refractivity contribution < 1.29 is 4.79 Å². The molecule has 0 N–H and O–H groups in total. The van der Waals surface area contributed by atoms with Crippen LogP contribution in [0.4, 0.5) is 0 Å². The molecule has 1 amide bonds. The van der Waals surface area contributed by atoms with Gasteiger partial charge < -0.3 is 4.90 Å². The van der Waals surface area contributed by atoms with Crippen LogP contribution in [0.15, 0.2) is 42.7 Å². The van der Waals surface area contributed by atoms with Crippen molar-refractivity contribution in [1.29, 1.82) is 0 Å². The molecule has 1 unspecified atom stereocenters. The lowest BCUT2D eigenvalue weighted by Crippen LogP contribution is -2.41. The number of likely N-dealkylation sites (tertiary alicyclic amines) is 1. The Morgan fingerprint density at radius 3 is 3.00 bits per heavy atom. The topological polar surface area (TPSA) is 38.1 Å². The predicted octanol–water partition coefficient (Wildman–Crippen LogP) is 3.09. The van der Waals surface area contributed by atoms with Crippen LogP contribution in [-0.4, -0.2) is 45.7 Å². The Morgan fingerprint density at radius 1 is 1.36 bits per heavy atom. The first-order valence-electron chi connectivity index (χ1n) is 7.67. The van der Waals surface area contributed by atoms with E-state index in [1.807, 2.05) is 53.2 Å². The molecule has 0 saturated carbocycles. The summed E-state index contributed by atoms with van der Waals surface area (Å²) in [4.78, 5) is 15.0. The van der Waals surface area contributed by atoms with Gasteiger partial charge in [-0.3, -0.25) is 4.79 Å². The number of hydrogen-bond acceptors (Lipinski definition) is 3. The van der Waals surface area contributed by atoms with Crippen molar-refractivity contribution in [3.05, 3.63) is 48.3 Å². The SMILES string of the molecule is CSCC1CCCN(C(=O)c2ccccc2-n2cccn2)C1. The van der Waals surface area contributed by atoms with Gasteiger partial charge in [-0.05, 0) is 49.0 Å². The van der Waals surface area contributed by atoms with Gasteiger partial charge in [-0.25, -0.2) is 4.68 Å². The standard InChI is InChI=1S/C17H21N3OS/c1-22-13-14-6-4-10-19(12-14)17(21)15-7-2-3-8-16(15)20-11-5-9-18-20/h2-3,5,7-9,11,14H,4,6,10,12-13H2,1H3. The maximum atomic E-state index is 12.9. The highest BCUT2D eigenvalue weighted by atomic mass is 32.2. The van der Waals surface area contributed by atoms with Crippen molar-refractivity contribution in [2.24, 2.45) is 5.92 Å². The molecule has 1 atom stereocenters. The quantitative estimate of drug-likeness (QED) is 0.870. The third-order valence-corrected chi connectivity index (χ3v) is 4.90. The van der Waals surface area contributed by atoms with Crippen LogP contribution >= 0.6 is 11.8 Å². The highest BCUT2D eigenvalue weighted by Gasteiger charge is 2.25. The molecule has 1 aromatic heterocycles. The molecular formula is C17H21N3OS. The second kappa shape index (κ2) is 7.01. The molecule has 116 valence electrons. The molecule has 1 aliphatic rings. The van der Waals surface area contributed by atoms with Crippen LogP contribution in [0.1, 0.15) is 23.2 Å². The van der Waals surface area contributed by atoms with Gasteiger partial charge in [-0.1, -0.05) is 12.1 Å². The first kappa shape index (κ1) is 15.2. The van der Waals surface area contributed by atoms with Gasteiger partial charge in [0.25, 0.3) is 5.91 Å². The molecule has 0 radical (unpaired) electrons. The first-order chi connectivity index (χ1) is 10.8. The Balaban J connectivity index is 1.83. The summed E-state index contributed by atoms with van der Waals surface area (Å²) < 4.78 is 1.76. The van der Waals surface area contributed by atoms with Crippen molar-refractivity contribution in [2.45, 2.75) is 12.8 Å². The zero-order valence-corrected chi connectivity index (χ0v) is 13.6. The van der Waals surface area contributed by atoms with Crippen LogP contribution < -0.4 is 0 Å². The first-order valence-corrected chi connectivity index (χ1v) is 9.06. The molecule has 0 spiro atoms. The summed E-state index contributed by atoms with van der Waals surface area (Å²) in [6.45, 7) is 1.73. The van der Waals surface area contributed by atoms with E-state index in [2.05, 4.69) is 11.4 Å². The van der Waals surface area contributed by atoms with Crippen LogP contribution in [0, 0.1) is 5.92 Å². The number of nitrogens with zero attached hydrogens (tertiary/aromatic N) is 3. The number of para-hydroxylation sites is 1. The third kappa shape index (κ3) is 3.19. The summed E-state index contributed by atoms with van der Waals surface area (Å²) in [5, 5.41) is 4.26. The van der Waals surface area contributed by atoms with Crippen molar-refractivity contribution in [3.8, 4) is 5.69 Å². The van der Waals surface area contributed by atoms with Crippen LogP contribution in [0.2, 0.25) is 0 Å². The van der Waals surface area contributed by atoms with Gasteiger partial charge >= 0.3 is 0 Å². The zero-order valence-electron chi connectivity index (χ0n) is 12.8. The number of thioether (sulfide) groups is 1. The van der Waals surface area contributed by atoms with E-state index in [0.29, 0.717) is 5.92 Å². The lowest BCUT2D eigenvalue weighted by atomic mass is 9.99. The highest BCUT2D eigenvalue weighted by molar-refractivity contribution is 7.98. The van der Waals surface area contributed by atoms with Crippen LogP contribution in [0.25, 0.3) is 5.69 Å². The second-order valence-corrected chi connectivity index (χ2v) is 6.59. The molecule has 1 saturated heterocycles. The normalized spacial score (nSPS) is 18.4. The van der Waals surface area contributed by atoms with E-state index >= 15 is 0 Å². The largest absolute Gasteiger partial charge is 0.338 e.